The fraction of sp³-hybridized carbons (Fsp3) is 1.00. The summed E-state index contributed by atoms with van der Waals surface area (Å²) in [6.07, 6.45) is 4.16. The van der Waals surface area contributed by atoms with Gasteiger partial charge in [-0.25, -0.2) is 0 Å². The third-order valence-corrected chi connectivity index (χ3v) is 4.22. The van der Waals surface area contributed by atoms with Gasteiger partial charge in [-0.2, -0.15) is 0 Å². The van der Waals surface area contributed by atoms with Gasteiger partial charge in [0.2, 0.25) is 0 Å². The second-order valence-corrected chi connectivity index (χ2v) is 5.80. The van der Waals surface area contributed by atoms with E-state index >= 15 is 0 Å². The highest BCUT2D eigenvalue weighted by atomic mass is 15.2. The molecule has 18 heavy (non-hydrogen) atoms. The predicted molar refractivity (Wildman–Crippen MR) is 77.1 cm³/mol. The lowest BCUT2D eigenvalue weighted by atomic mass is 10.3. The van der Waals surface area contributed by atoms with Crippen LogP contribution in [-0.2, 0) is 0 Å². The number of hydrogen-bond acceptors (Lipinski definition) is 4. The van der Waals surface area contributed by atoms with Crippen LogP contribution in [-0.4, -0.2) is 87.2 Å². The van der Waals surface area contributed by atoms with E-state index in [9.17, 15) is 0 Å². The summed E-state index contributed by atoms with van der Waals surface area (Å²) in [6.45, 7) is 12.5. The summed E-state index contributed by atoms with van der Waals surface area (Å²) in [5.74, 6) is 0. The lowest BCUT2D eigenvalue weighted by Gasteiger charge is -2.29. The zero-order chi connectivity index (χ0) is 12.6. The second-order valence-electron chi connectivity index (χ2n) is 5.80. The second kappa shape index (κ2) is 8.10. The number of nitrogens with zero attached hydrogens (tertiary/aromatic N) is 3. The normalized spacial score (nSPS) is 23.0. The van der Waals surface area contributed by atoms with E-state index in [1.807, 2.05) is 0 Å². The Morgan fingerprint density at radius 3 is 2.28 bits per heavy atom. The van der Waals surface area contributed by atoms with Gasteiger partial charge >= 0.3 is 0 Å². The van der Waals surface area contributed by atoms with Crippen molar-refractivity contribution in [2.24, 2.45) is 0 Å². The van der Waals surface area contributed by atoms with E-state index in [4.69, 9.17) is 0 Å². The first-order chi connectivity index (χ1) is 8.84. The summed E-state index contributed by atoms with van der Waals surface area (Å²) in [6, 6.07) is 0. The van der Waals surface area contributed by atoms with Gasteiger partial charge in [0.05, 0.1) is 0 Å². The van der Waals surface area contributed by atoms with Crippen molar-refractivity contribution in [1.82, 2.24) is 20.0 Å². The van der Waals surface area contributed by atoms with E-state index in [1.165, 1.54) is 84.7 Å². The van der Waals surface area contributed by atoms with Crippen molar-refractivity contribution in [1.29, 1.82) is 0 Å². The first kappa shape index (κ1) is 14.3. The molecule has 0 bridgehead atoms. The fourth-order valence-corrected chi connectivity index (χ4v) is 2.93. The molecule has 2 saturated heterocycles. The standard InChI is InChI=1S/C14H30N4/c1-16(7-4-10-17-8-2-3-9-17)13-14-18-11-5-15-6-12-18/h15H,2-14H2,1H3. The number of likely N-dealkylation sites (N-methyl/N-ethyl adjacent to an activating group) is 1. The van der Waals surface area contributed by atoms with Crippen LogP contribution >= 0.6 is 0 Å². The number of rotatable bonds is 7. The lowest BCUT2D eigenvalue weighted by Crippen LogP contribution is -2.46. The molecule has 0 spiro atoms. The van der Waals surface area contributed by atoms with E-state index < -0.39 is 0 Å². The van der Waals surface area contributed by atoms with Crippen molar-refractivity contribution >= 4 is 0 Å². The van der Waals surface area contributed by atoms with E-state index in [0.29, 0.717) is 0 Å². The average molecular weight is 254 g/mol. The van der Waals surface area contributed by atoms with Crippen LogP contribution in [0.3, 0.4) is 0 Å². The molecule has 0 aromatic rings. The third kappa shape index (κ3) is 5.22. The van der Waals surface area contributed by atoms with Crippen LogP contribution in [0.1, 0.15) is 19.3 Å². The van der Waals surface area contributed by atoms with Crippen LogP contribution < -0.4 is 5.32 Å². The summed E-state index contributed by atoms with van der Waals surface area (Å²) in [5, 5.41) is 3.41. The van der Waals surface area contributed by atoms with Crippen molar-refractivity contribution in [3.63, 3.8) is 0 Å². The van der Waals surface area contributed by atoms with Crippen molar-refractivity contribution in [2.75, 3.05) is 72.5 Å². The number of nitrogens with one attached hydrogen (secondary N) is 1. The molecule has 2 fully saturated rings. The first-order valence-corrected chi connectivity index (χ1v) is 7.68. The first-order valence-electron chi connectivity index (χ1n) is 7.68. The molecule has 0 atom stereocenters. The van der Waals surface area contributed by atoms with Crippen LogP contribution in [0.15, 0.2) is 0 Å². The fourth-order valence-electron chi connectivity index (χ4n) is 2.93. The van der Waals surface area contributed by atoms with Gasteiger partial charge < -0.3 is 15.1 Å². The van der Waals surface area contributed by atoms with Crippen LogP contribution in [0, 0.1) is 0 Å². The maximum atomic E-state index is 3.41. The molecular formula is C14H30N4. The SMILES string of the molecule is CN(CCCN1CCCC1)CCN1CCNCC1. The number of likely N-dealkylation sites (tertiary alicyclic amines) is 1. The maximum Gasteiger partial charge on any atom is 0.0110 e. The molecule has 2 rings (SSSR count). The molecule has 2 aliphatic rings. The molecule has 0 saturated carbocycles. The van der Waals surface area contributed by atoms with Gasteiger partial charge in [-0.1, -0.05) is 0 Å². The molecule has 0 aromatic carbocycles. The Kier molecular flexibility index (Phi) is 6.41. The quantitative estimate of drug-likeness (QED) is 0.706. The Morgan fingerprint density at radius 2 is 1.56 bits per heavy atom. The Hall–Kier alpha value is -0.160. The molecule has 0 unspecified atom stereocenters. The molecule has 4 nitrogen and oxygen atoms in total. The molecular weight excluding hydrogens is 224 g/mol. The summed E-state index contributed by atoms with van der Waals surface area (Å²) in [5.41, 5.74) is 0. The Labute approximate surface area is 112 Å². The van der Waals surface area contributed by atoms with Gasteiger partial charge in [-0.3, -0.25) is 4.90 Å². The highest BCUT2D eigenvalue weighted by Gasteiger charge is 2.12. The molecule has 0 aromatic heterocycles. The monoisotopic (exact) mass is 254 g/mol. The summed E-state index contributed by atoms with van der Waals surface area (Å²) >= 11 is 0. The molecule has 2 aliphatic heterocycles. The van der Waals surface area contributed by atoms with Gasteiger partial charge in [0.1, 0.15) is 0 Å². The van der Waals surface area contributed by atoms with Crippen LogP contribution in [0.2, 0.25) is 0 Å². The Balaban J connectivity index is 1.47. The minimum Gasteiger partial charge on any atom is -0.314 e. The number of hydrogen-bond donors (Lipinski definition) is 1. The minimum atomic E-state index is 1.17. The van der Waals surface area contributed by atoms with Crippen LogP contribution in [0.25, 0.3) is 0 Å². The summed E-state index contributed by atoms with van der Waals surface area (Å²) in [4.78, 5) is 7.69. The zero-order valence-corrected chi connectivity index (χ0v) is 12.0. The zero-order valence-electron chi connectivity index (χ0n) is 12.0. The summed E-state index contributed by atoms with van der Waals surface area (Å²) in [7, 11) is 2.27. The van der Waals surface area contributed by atoms with Crippen molar-refractivity contribution in [3.8, 4) is 0 Å². The van der Waals surface area contributed by atoms with Gasteiger partial charge in [0.15, 0.2) is 0 Å². The highest BCUT2D eigenvalue weighted by Crippen LogP contribution is 2.07. The topological polar surface area (TPSA) is 21.8 Å². The van der Waals surface area contributed by atoms with E-state index in [2.05, 4.69) is 27.1 Å². The van der Waals surface area contributed by atoms with E-state index in [1.54, 1.807) is 0 Å². The van der Waals surface area contributed by atoms with E-state index in [-0.39, 0.29) is 0 Å². The van der Waals surface area contributed by atoms with Crippen molar-refractivity contribution in [2.45, 2.75) is 19.3 Å². The average Bonchev–Trinajstić information content (AvgIpc) is 2.91. The Bertz CT molecular complexity index is 210. The third-order valence-electron chi connectivity index (χ3n) is 4.22. The smallest absolute Gasteiger partial charge is 0.0110 e. The largest absolute Gasteiger partial charge is 0.314 e. The minimum absolute atomic E-state index is 1.17. The van der Waals surface area contributed by atoms with Crippen LogP contribution in [0.4, 0.5) is 0 Å². The van der Waals surface area contributed by atoms with Gasteiger partial charge in [0, 0.05) is 39.3 Å². The molecule has 0 amide bonds. The van der Waals surface area contributed by atoms with E-state index in [0.717, 1.165) is 0 Å². The van der Waals surface area contributed by atoms with Crippen molar-refractivity contribution in [3.05, 3.63) is 0 Å². The predicted octanol–water partition coefficient (Wildman–Crippen LogP) is 0.309. The van der Waals surface area contributed by atoms with Gasteiger partial charge in [-0.05, 0) is 52.5 Å². The van der Waals surface area contributed by atoms with Crippen molar-refractivity contribution < 1.29 is 0 Å². The summed E-state index contributed by atoms with van der Waals surface area (Å²) < 4.78 is 0. The highest BCUT2D eigenvalue weighted by molar-refractivity contribution is 4.69. The Morgan fingerprint density at radius 1 is 0.889 bits per heavy atom. The van der Waals surface area contributed by atoms with Gasteiger partial charge in [-0.15, -0.1) is 0 Å². The maximum absolute atomic E-state index is 3.41. The molecule has 106 valence electrons. The van der Waals surface area contributed by atoms with Gasteiger partial charge in [0.25, 0.3) is 0 Å². The lowest BCUT2D eigenvalue weighted by molar-refractivity contribution is 0.200. The molecule has 2 heterocycles. The molecule has 1 N–H and O–H groups in total. The molecule has 0 radical (unpaired) electrons. The number of piperazine rings is 1. The van der Waals surface area contributed by atoms with Crippen LogP contribution in [0.5, 0.6) is 0 Å². The molecule has 0 aliphatic carbocycles. The molecule has 4 heteroatoms.